The normalized spacial score (nSPS) is 11.9. The molecule has 2 N–H and O–H groups in total. The van der Waals surface area contributed by atoms with Crippen LogP contribution >= 0.6 is 0 Å². The Bertz CT molecular complexity index is 842. The van der Waals surface area contributed by atoms with Crippen LogP contribution in [0.1, 0.15) is 10.4 Å². The average Bonchev–Trinajstić information content (AvgIpc) is 2.53. The number of rotatable bonds is 6. The Morgan fingerprint density at radius 1 is 1.04 bits per heavy atom. The Labute approximate surface area is 141 Å². The van der Waals surface area contributed by atoms with Crippen LogP contribution in [0, 0.1) is 0 Å². The van der Waals surface area contributed by atoms with Gasteiger partial charge < -0.3 is 9.64 Å². The van der Waals surface area contributed by atoms with Gasteiger partial charge in [0.1, 0.15) is 5.75 Å². The third kappa shape index (κ3) is 4.68. The number of carbonyl (C=O) groups excluding carboxylic acids is 1. The highest BCUT2D eigenvalue weighted by atomic mass is 32.2. The molecule has 0 saturated heterocycles. The van der Waals surface area contributed by atoms with Crippen LogP contribution in [0.15, 0.2) is 71.5 Å². The summed E-state index contributed by atoms with van der Waals surface area (Å²) in [7, 11) is -0.233. The van der Waals surface area contributed by atoms with Crippen LogP contribution in [0.2, 0.25) is 0 Å². The Kier molecular flexibility index (Phi) is 5.38. The van der Waals surface area contributed by atoms with Crippen molar-refractivity contribution in [3.05, 3.63) is 72.1 Å². The summed E-state index contributed by atoms with van der Waals surface area (Å²) >= 11 is 0. The summed E-state index contributed by atoms with van der Waals surface area (Å²) in [5.41, 5.74) is 0.492. The molecular formula is C17H18N2O4S. The number of sulfonamides is 1. The summed E-state index contributed by atoms with van der Waals surface area (Å²) < 4.78 is 28.2. The molecule has 0 heterocycles. The number of carbonyl (C=O) groups is 1. The van der Waals surface area contributed by atoms with Gasteiger partial charge in [0.2, 0.25) is 15.8 Å². The molecule has 2 rings (SSSR count). The van der Waals surface area contributed by atoms with Crippen molar-refractivity contribution in [3.8, 4) is 5.75 Å². The van der Waals surface area contributed by atoms with Gasteiger partial charge in [-0.1, -0.05) is 30.3 Å². The van der Waals surface area contributed by atoms with Crippen molar-refractivity contribution in [2.45, 2.75) is 4.90 Å². The number of hydrogen-bond donors (Lipinski definition) is 1. The van der Waals surface area contributed by atoms with Gasteiger partial charge in [-0.15, -0.1) is 0 Å². The molecule has 0 fully saturated rings. The Balaban J connectivity index is 2.29. The first-order chi connectivity index (χ1) is 11.3. The third-order valence-electron chi connectivity index (χ3n) is 3.02. The summed E-state index contributed by atoms with van der Waals surface area (Å²) in [5, 5.41) is 5.06. The second-order valence-electron chi connectivity index (χ2n) is 5.27. The van der Waals surface area contributed by atoms with Crippen LogP contribution in [-0.2, 0) is 10.0 Å². The number of ketones is 1. The fourth-order valence-corrected chi connectivity index (χ4v) is 2.44. The predicted molar refractivity (Wildman–Crippen MR) is 91.0 cm³/mol. The lowest BCUT2D eigenvalue weighted by Gasteiger charge is -2.13. The molecule has 0 unspecified atom stereocenters. The van der Waals surface area contributed by atoms with Crippen molar-refractivity contribution in [3.63, 3.8) is 0 Å². The largest absolute Gasteiger partial charge is 0.452 e. The molecule has 6 nitrogen and oxygen atoms in total. The standard InChI is InChI=1S/C17H18N2O4S/c1-19(2)12-16(17(20)13-6-4-3-5-7-13)23-14-8-10-15(11-9-14)24(18,21)22/h3-12H,1-2H3,(H2,18,21,22). The van der Waals surface area contributed by atoms with Crippen LogP contribution in [-0.4, -0.2) is 33.2 Å². The van der Waals surface area contributed by atoms with Crippen LogP contribution in [0.4, 0.5) is 0 Å². The monoisotopic (exact) mass is 346 g/mol. The van der Waals surface area contributed by atoms with E-state index in [4.69, 9.17) is 9.88 Å². The number of benzene rings is 2. The van der Waals surface area contributed by atoms with Gasteiger partial charge in [0.05, 0.1) is 4.90 Å². The zero-order valence-corrected chi connectivity index (χ0v) is 14.2. The van der Waals surface area contributed by atoms with Gasteiger partial charge in [-0.3, -0.25) is 4.79 Å². The molecule has 7 heteroatoms. The van der Waals surface area contributed by atoms with E-state index in [1.54, 1.807) is 49.5 Å². The lowest BCUT2D eigenvalue weighted by atomic mass is 10.1. The Morgan fingerprint density at radius 3 is 2.12 bits per heavy atom. The van der Waals surface area contributed by atoms with Crippen molar-refractivity contribution in [1.29, 1.82) is 0 Å². The number of ether oxygens (including phenoxy) is 1. The maximum atomic E-state index is 12.6. The van der Waals surface area contributed by atoms with Gasteiger partial charge in [0, 0.05) is 25.9 Å². The molecule has 0 saturated carbocycles. The molecule has 0 spiro atoms. The van der Waals surface area contributed by atoms with E-state index in [1.165, 1.54) is 24.3 Å². The summed E-state index contributed by atoms with van der Waals surface area (Å²) in [6.07, 6.45) is 1.56. The van der Waals surface area contributed by atoms with Crippen LogP contribution < -0.4 is 9.88 Å². The molecule has 0 aliphatic rings. The lowest BCUT2D eigenvalue weighted by Crippen LogP contribution is -2.15. The molecule has 2 aromatic carbocycles. The van der Waals surface area contributed by atoms with E-state index >= 15 is 0 Å². The van der Waals surface area contributed by atoms with Gasteiger partial charge in [0.25, 0.3) is 0 Å². The van der Waals surface area contributed by atoms with E-state index in [1.807, 2.05) is 6.07 Å². The van der Waals surface area contributed by atoms with Crippen molar-refractivity contribution in [2.24, 2.45) is 5.14 Å². The van der Waals surface area contributed by atoms with Crippen molar-refractivity contribution in [1.82, 2.24) is 4.90 Å². The molecule has 24 heavy (non-hydrogen) atoms. The topological polar surface area (TPSA) is 89.7 Å². The first kappa shape index (κ1) is 17.7. The number of Topliss-reactive ketones (excluding diaryl/α,β-unsaturated/α-hetero) is 1. The van der Waals surface area contributed by atoms with Crippen molar-refractivity contribution >= 4 is 15.8 Å². The van der Waals surface area contributed by atoms with Gasteiger partial charge in [-0.05, 0) is 24.3 Å². The number of hydrogen-bond acceptors (Lipinski definition) is 5. The predicted octanol–water partition coefficient (Wildman–Crippen LogP) is 2.00. The second-order valence-corrected chi connectivity index (χ2v) is 6.83. The smallest absolute Gasteiger partial charge is 0.238 e. The maximum Gasteiger partial charge on any atom is 0.238 e. The van der Waals surface area contributed by atoms with Crippen LogP contribution in [0.5, 0.6) is 5.75 Å². The molecule has 0 aliphatic heterocycles. The lowest BCUT2D eigenvalue weighted by molar-refractivity contribution is 0.0982. The van der Waals surface area contributed by atoms with E-state index < -0.39 is 10.0 Å². The van der Waals surface area contributed by atoms with E-state index in [2.05, 4.69) is 0 Å². The Hall–Kier alpha value is -2.64. The molecular weight excluding hydrogens is 328 g/mol. The molecule has 0 atom stereocenters. The molecule has 0 aromatic heterocycles. The molecule has 2 aromatic rings. The van der Waals surface area contributed by atoms with Gasteiger partial charge in [-0.25, -0.2) is 13.6 Å². The summed E-state index contributed by atoms with van der Waals surface area (Å²) in [4.78, 5) is 14.2. The van der Waals surface area contributed by atoms with Gasteiger partial charge in [-0.2, -0.15) is 0 Å². The minimum Gasteiger partial charge on any atom is -0.452 e. The van der Waals surface area contributed by atoms with E-state index in [0.29, 0.717) is 11.3 Å². The SMILES string of the molecule is CN(C)C=C(Oc1ccc(S(N)(=O)=O)cc1)C(=O)c1ccccc1. The quantitative estimate of drug-likeness (QED) is 0.491. The van der Waals surface area contributed by atoms with Gasteiger partial charge in [0.15, 0.2) is 5.76 Å². The van der Waals surface area contributed by atoms with Crippen molar-refractivity contribution in [2.75, 3.05) is 14.1 Å². The van der Waals surface area contributed by atoms with E-state index in [0.717, 1.165) is 0 Å². The molecule has 0 amide bonds. The summed E-state index contributed by atoms with van der Waals surface area (Å²) in [5.74, 6) is 0.175. The third-order valence-corrected chi connectivity index (χ3v) is 3.94. The summed E-state index contributed by atoms with van der Waals surface area (Å²) in [6, 6.07) is 14.3. The van der Waals surface area contributed by atoms with E-state index in [-0.39, 0.29) is 16.4 Å². The number of nitrogens with two attached hydrogens (primary N) is 1. The average molecular weight is 346 g/mol. The highest BCUT2D eigenvalue weighted by Gasteiger charge is 2.16. The molecule has 0 radical (unpaired) electrons. The molecule has 126 valence electrons. The minimum absolute atomic E-state index is 0.0256. The zero-order valence-electron chi connectivity index (χ0n) is 13.3. The highest BCUT2D eigenvalue weighted by Crippen LogP contribution is 2.19. The first-order valence-electron chi connectivity index (χ1n) is 7.06. The summed E-state index contributed by atoms with van der Waals surface area (Å²) in [6.45, 7) is 0. The van der Waals surface area contributed by atoms with Crippen molar-refractivity contribution < 1.29 is 17.9 Å². The highest BCUT2D eigenvalue weighted by molar-refractivity contribution is 7.89. The minimum atomic E-state index is -3.77. The Morgan fingerprint density at radius 2 is 1.62 bits per heavy atom. The van der Waals surface area contributed by atoms with Crippen LogP contribution in [0.3, 0.4) is 0 Å². The van der Waals surface area contributed by atoms with Gasteiger partial charge >= 0.3 is 0 Å². The fourth-order valence-electron chi connectivity index (χ4n) is 1.92. The number of allylic oxidation sites excluding steroid dienone is 1. The van der Waals surface area contributed by atoms with Crippen LogP contribution in [0.25, 0.3) is 0 Å². The van der Waals surface area contributed by atoms with E-state index in [9.17, 15) is 13.2 Å². The maximum absolute atomic E-state index is 12.6. The second kappa shape index (κ2) is 7.29. The number of nitrogens with zero attached hydrogens (tertiary/aromatic N) is 1. The number of primary sulfonamides is 1. The first-order valence-corrected chi connectivity index (χ1v) is 8.61. The fraction of sp³-hybridized carbons (Fsp3) is 0.118. The molecule has 0 aliphatic carbocycles. The zero-order chi connectivity index (χ0) is 17.7. The molecule has 0 bridgehead atoms.